The molecule has 4 heteroatoms. The van der Waals surface area contributed by atoms with Gasteiger partial charge in [-0.25, -0.2) is 0 Å². The first-order chi connectivity index (χ1) is 9.07. The van der Waals surface area contributed by atoms with Crippen LogP contribution in [0.1, 0.15) is 31.2 Å². The highest BCUT2D eigenvalue weighted by Crippen LogP contribution is 2.33. The Kier molecular flexibility index (Phi) is 4.87. The second kappa shape index (κ2) is 6.25. The van der Waals surface area contributed by atoms with Gasteiger partial charge in [-0.05, 0) is 56.4 Å². The van der Waals surface area contributed by atoms with E-state index in [1.54, 1.807) is 7.11 Å². The summed E-state index contributed by atoms with van der Waals surface area (Å²) in [6, 6.07) is 6.39. The lowest BCUT2D eigenvalue weighted by atomic mass is 9.80. The zero-order valence-electron chi connectivity index (χ0n) is 11.7. The molecule has 0 aromatic heterocycles. The predicted octanol–water partition coefficient (Wildman–Crippen LogP) is 3.46. The maximum Gasteiger partial charge on any atom is 0.0594 e. The number of hydrogen-bond acceptors (Lipinski definition) is 3. The van der Waals surface area contributed by atoms with Gasteiger partial charge in [0.2, 0.25) is 0 Å². The predicted molar refractivity (Wildman–Crippen MR) is 83.6 cm³/mol. The van der Waals surface area contributed by atoms with E-state index in [2.05, 4.69) is 46.4 Å². The number of hydrogen-bond donors (Lipinski definition) is 2. The van der Waals surface area contributed by atoms with Crippen LogP contribution in [-0.2, 0) is 4.74 Å². The maximum absolute atomic E-state index is 6.05. The number of rotatable bonds is 4. The number of halogens is 1. The smallest absolute Gasteiger partial charge is 0.0594 e. The lowest BCUT2D eigenvalue weighted by molar-refractivity contribution is 0.0483. The Morgan fingerprint density at radius 1 is 1.47 bits per heavy atom. The van der Waals surface area contributed by atoms with Gasteiger partial charge >= 0.3 is 0 Å². The van der Waals surface area contributed by atoms with Crippen LogP contribution < -0.4 is 11.1 Å². The molecule has 0 radical (unpaired) electrons. The van der Waals surface area contributed by atoms with E-state index in [0.717, 1.165) is 35.8 Å². The van der Waals surface area contributed by atoms with Gasteiger partial charge in [-0.15, -0.1) is 0 Å². The van der Waals surface area contributed by atoms with Crippen LogP contribution in [0.15, 0.2) is 22.7 Å². The Labute approximate surface area is 124 Å². The second-order valence-electron chi connectivity index (χ2n) is 5.58. The highest BCUT2D eigenvalue weighted by Gasteiger charge is 2.35. The fourth-order valence-corrected chi connectivity index (χ4v) is 3.58. The Morgan fingerprint density at radius 3 is 2.89 bits per heavy atom. The molecule has 1 aliphatic rings. The van der Waals surface area contributed by atoms with E-state index in [-0.39, 0.29) is 5.54 Å². The van der Waals surface area contributed by atoms with Crippen LogP contribution in [-0.4, -0.2) is 25.3 Å². The first kappa shape index (κ1) is 14.8. The van der Waals surface area contributed by atoms with Crippen LogP contribution in [0.25, 0.3) is 0 Å². The minimum Gasteiger partial charge on any atom is -0.381 e. The Balaban J connectivity index is 2.17. The normalized spacial score (nSPS) is 27.3. The van der Waals surface area contributed by atoms with Crippen molar-refractivity contribution in [2.24, 2.45) is 5.73 Å². The lowest BCUT2D eigenvalue weighted by Gasteiger charge is -2.41. The molecule has 2 rings (SSSR count). The SMILES string of the molecule is COC1CCCC(CN)(Nc2cc(C)cc(Br)c2)C1. The Morgan fingerprint density at radius 2 is 2.26 bits per heavy atom. The van der Waals surface area contributed by atoms with Crippen molar-refractivity contribution >= 4 is 21.6 Å². The molecule has 0 amide bonds. The van der Waals surface area contributed by atoms with Crippen LogP contribution in [0, 0.1) is 6.92 Å². The lowest BCUT2D eigenvalue weighted by Crippen LogP contribution is -2.50. The molecule has 0 saturated heterocycles. The molecule has 1 fully saturated rings. The van der Waals surface area contributed by atoms with Gasteiger partial charge in [0.1, 0.15) is 0 Å². The van der Waals surface area contributed by atoms with Gasteiger partial charge in [0.25, 0.3) is 0 Å². The standard InChI is InChI=1S/C15H23BrN2O/c1-11-6-12(16)8-13(7-11)18-15(10-17)5-3-4-14(9-15)19-2/h6-8,14,18H,3-5,9-10,17H2,1-2H3. The zero-order valence-corrected chi connectivity index (χ0v) is 13.3. The summed E-state index contributed by atoms with van der Waals surface area (Å²) in [5.41, 5.74) is 8.39. The molecule has 3 N–H and O–H groups in total. The van der Waals surface area contributed by atoms with Gasteiger partial charge in [-0.2, -0.15) is 0 Å². The third-order valence-electron chi connectivity index (χ3n) is 3.98. The van der Waals surface area contributed by atoms with Crippen molar-refractivity contribution in [1.82, 2.24) is 0 Å². The van der Waals surface area contributed by atoms with Crippen molar-refractivity contribution in [3.8, 4) is 0 Å². The van der Waals surface area contributed by atoms with Gasteiger partial charge in [-0.1, -0.05) is 15.9 Å². The molecule has 3 nitrogen and oxygen atoms in total. The van der Waals surface area contributed by atoms with Gasteiger partial charge in [0, 0.05) is 23.8 Å². The van der Waals surface area contributed by atoms with Crippen molar-refractivity contribution < 1.29 is 4.74 Å². The zero-order chi connectivity index (χ0) is 13.9. The molecule has 0 aliphatic heterocycles. The minimum atomic E-state index is -0.0356. The molecule has 106 valence electrons. The first-order valence-electron chi connectivity index (χ1n) is 6.85. The molecule has 0 bridgehead atoms. The monoisotopic (exact) mass is 326 g/mol. The fraction of sp³-hybridized carbons (Fsp3) is 0.600. The maximum atomic E-state index is 6.05. The van der Waals surface area contributed by atoms with Crippen molar-refractivity contribution in [3.63, 3.8) is 0 Å². The summed E-state index contributed by atoms with van der Waals surface area (Å²) in [5.74, 6) is 0. The van der Waals surface area contributed by atoms with Gasteiger partial charge in [-0.3, -0.25) is 0 Å². The highest BCUT2D eigenvalue weighted by molar-refractivity contribution is 9.10. The summed E-state index contributed by atoms with van der Waals surface area (Å²) < 4.78 is 6.63. The van der Waals surface area contributed by atoms with Crippen LogP contribution in [0.5, 0.6) is 0 Å². The molecule has 1 aliphatic carbocycles. The summed E-state index contributed by atoms with van der Waals surface area (Å²) in [6.45, 7) is 2.74. The molecule has 1 aromatic carbocycles. The second-order valence-corrected chi connectivity index (χ2v) is 6.50. The van der Waals surface area contributed by atoms with Crippen molar-refractivity contribution in [2.45, 2.75) is 44.2 Å². The molecule has 19 heavy (non-hydrogen) atoms. The number of benzene rings is 1. The number of anilines is 1. The average Bonchev–Trinajstić information content (AvgIpc) is 2.37. The molecule has 2 unspecified atom stereocenters. The van der Waals surface area contributed by atoms with Crippen LogP contribution >= 0.6 is 15.9 Å². The average molecular weight is 327 g/mol. The summed E-state index contributed by atoms with van der Waals surface area (Å²) in [7, 11) is 1.79. The van der Waals surface area contributed by atoms with E-state index in [9.17, 15) is 0 Å². The number of ether oxygens (including phenoxy) is 1. The molecule has 1 aromatic rings. The Hall–Kier alpha value is -0.580. The molecule has 0 heterocycles. The first-order valence-corrected chi connectivity index (χ1v) is 7.64. The van der Waals surface area contributed by atoms with E-state index in [1.165, 1.54) is 5.56 Å². The largest absolute Gasteiger partial charge is 0.381 e. The molecule has 0 spiro atoms. The Bertz CT molecular complexity index is 418. The number of nitrogens with two attached hydrogens (primary N) is 1. The van der Waals surface area contributed by atoms with Crippen molar-refractivity contribution in [3.05, 3.63) is 28.2 Å². The van der Waals surface area contributed by atoms with Crippen molar-refractivity contribution in [2.75, 3.05) is 19.0 Å². The van der Waals surface area contributed by atoms with Gasteiger partial charge in [0.05, 0.1) is 11.6 Å². The number of methoxy groups -OCH3 is 1. The molecular weight excluding hydrogens is 304 g/mol. The van der Waals surface area contributed by atoms with Crippen LogP contribution in [0.4, 0.5) is 5.69 Å². The van der Waals surface area contributed by atoms with Gasteiger partial charge in [0.15, 0.2) is 0 Å². The van der Waals surface area contributed by atoms with E-state index in [1.807, 2.05) is 0 Å². The quantitative estimate of drug-likeness (QED) is 0.890. The minimum absolute atomic E-state index is 0.0356. The molecular formula is C15H23BrN2O. The van der Waals surface area contributed by atoms with Crippen molar-refractivity contribution in [1.29, 1.82) is 0 Å². The number of nitrogens with one attached hydrogen (secondary N) is 1. The fourth-order valence-electron chi connectivity index (χ4n) is 2.97. The van der Waals surface area contributed by atoms with E-state index >= 15 is 0 Å². The van der Waals surface area contributed by atoms with E-state index in [4.69, 9.17) is 10.5 Å². The highest BCUT2D eigenvalue weighted by atomic mass is 79.9. The van der Waals surface area contributed by atoms with Crippen LogP contribution in [0.3, 0.4) is 0 Å². The van der Waals surface area contributed by atoms with E-state index in [0.29, 0.717) is 12.6 Å². The summed E-state index contributed by atoms with van der Waals surface area (Å²) in [5, 5.41) is 3.66. The van der Waals surface area contributed by atoms with Crippen LogP contribution in [0.2, 0.25) is 0 Å². The third kappa shape index (κ3) is 3.71. The summed E-state index contributed by atoms with van der Waals surface area (Å²) >= 11 is 3.55. The molecule has 1 saturated carbocycles. The van der Waals surface area contributed by atoms with E-state index < -0.39 is 0 Å². The summed E-state index contributed by atoms with van der Waals surface area (Å²) in [4.78, 5) is 0. The van der Waals surface area contributed by atoms with Gasteiger partial charge < -0.3 is 15.8 Å². The third-order valence-corrected chi connectivity index (χ3v) is 4.43. The number of aryl methyl sites for hydroxylation is 1. The molecule has 2 atom stereocenters. The summed E-state index contributed by atoms with van der Waals surface area (Å²) in [6.07, 6.45) is 4.70. The topological polar surface area (TPSA) is 47.3 Å².